The van der Waals surface area contributed by atoms with Crippen molar-refractivity contribution in [1.82, 2.24) is 4.31 Å². The average molecular weight is 366 g/mol. The lowest BCUT2D eigenvalue weighted by atomic mass is 10.1. The van der Waals surface area contributed by atoms with Crippen LogP contribution in [0.25, 0.3) is 0 Å². The lowest BCUT2D eigenvalue weighted by Crippen LogP contribution is -2.42. The van der Waals surface area contributed by atoms with E-state index in [1.165, 1.54) is 4.31 Å². The maximum Gasteiger partial charge on any atom is 0.243 e. The number of ether oxygens (including phenoxy) is 1. The molecule has 0 aliphatic carbocycles. The Morgan fingerprint density at radius 3 is 2.42 bits per heavy atom. The zero-order chi connectivity index (χ0) is 17.2. The van der Waals surface area contributed by atoms with Crippen LogP contribution in [0, 0.1) is 0 Å². The van der Waals surface area contributed by atoms with Gasteiger partial charge in [-0.25, -0.2) is 8.42 Å². The topological polar surface area (TPSA) is 46.6 Å². The molecule has 6 heteroatoms. The molecule has 0 aromatic heterocycles. The van der Waals surface area contributed by atoms with E-state index in [2.05, 4.69) is 0 Å². The summed E-state index contributed by atoms with van der Waals surface area (Å²) in [4.78, 5) is 0.330. The molecule has 1 heterocycles. The zero-order valence-corrected chi connectivity index (χ0v) is 15.1. The molecule has 2 aromatic carbocycles. The van der Waals surface area contributed by atoms with Crippen LogP contribution >= 0.6 is 11.6 Å². The van der Waals surface area contributed by atoms with Gasteiger partial charge in [-0.1, -0.05) is 42.8 Å². The molecule has 1 atom stereocenters. The Morgan fingerprint density at radius 1 is 1.12 bits per heavy atom. The highest BCUT2D eigenvalue weighted by molar-refractivity contribution is 7.89. The van der Waals surface area contributed by atoms with Crippen molar-refractivity contribution in [2.45, 2.75) is 24.3 Å². The zero-order valence-electron chi connectivity index (χ0n) is 13.5. The van der Waals surface area contributed by atoms with E-state index in [4.69, 9.17) is 16.3 Å². The minimum Gasteiger partial charge on any atom is -0.371 e. The van der Waals surface area contributed by atoms with E-state index in [0.717, 1.165) is 17.5 Å². The van der Waals surface area contributed by atoms with E-state index < -0.39 is 10.0 Å². The molecule has 4 nitrogen and oxygen atoms in total. The first-order chi connectivity index (χ1) is 11.5. The molecule has 1 aliphatic rings. The Kier molecular flexibility index (Phi) is 5.25. The molecule has 0 radical (unpaired) electrons. The Bertz CT molecular complexity index is 788. The number of hydrogen-bond acceptors (Lipinski definition) is 3. The second kappa shape index (κ2) is 7.23. The summed E-state index contributed by atoms with van der Waals surface area (Å²) in [5.74, 6) is 0. The molecule has 1 fully saturated rings. The molecule has 0 saturated carbocycles. The highest BCUT2D eigenvalue weighted by Gasteiger charge is 2.31. The first-order valence-electron chi connectivity index (χ1n) is 7.97. The van der Waals surface area contributed by atoms with Gasteiger partial charge in [0.05, 0.1) is 17.6 Å². The molecular formula is C18H20ClNO3S. The van der Waals surface area contributed by atoms with Crippen molar-refractivity contribution in [1.29, 1.82) is 0 Å². The first-order valence-corrected chi connectivity index (χ1v) is 9.78. The summed E-state index contributed by atoms with van der Waals surface area (Å²) in [6.45, 7) is 3.09. The average Bonchev–Trinajstić information content (AvgIpc) is 2.62. The van der Waals surface area contributed by atoms with Gasteiger partial charge in [-0.05, 0) is 41.8 Å². The summed E-state index contributed by atoms with van der Waals surface area (Å²) in [7, 11) is -3.51. The molecule has 128 valence electrons. The molecule has 0 amide bonds. The standard InChI is InChI=1S/C18H20ClNO3S/c1-2-14-3-9-17(10-4-14)24(21,22)20-11-12-23-18(13-20)15-5-7-16(19)8-6-15/h3-10,18H,2,11-13H2,1H3. The smallest absolute Gasteiger partial charge is 0.243 e. The van der Waals surface area contributed by atoms with Crippen LogP contribution in [0.15, 0.2) is 53.4 Å². The van der Waals surface area contributed by atoms with Crippen LogP contribution < -0.4 is 0 Å². The van der Waals surface area contributed by atoms with Gasteiger partial charge < -0.3 is 4.74 Å². The molecule has 1 aliphatic heterocycles. The SMILES string of the molecule is CCc1ccc(S(=O)(=O)N2CCOC(c3ccc(Cl)cc3)C2)cc1. The van der Waals surface area contributed by atoms with Crippen LogP contribution in [-0.4, -0.2) is 32.4 Å². The molecular weight excluding hydrogens is 346 g/mol. The predicted molar refractivity (Wildman–Crippen MR) is 94.7 cm³/mol. The van der Waals surface area contributed by atoms with E-state index in [0.29, 0.717) is 29.6 Å². The van der Waals surface area contributed by atoms with E-state index in [1.807, 2.05) is 31.2 Å². The quantitative estimate of drug-likeness (QED) is 0.830. The summed E-state index contributed by atoms with van der Waals surface area (Å²) in [5, 5.41) is 0.648. The fourth-order valence-corrected chi connectivity index (χ4v) is 4.32. The van der Waals surface area contributed by atoms with Gasteiger partial charge in [-0.2, -0.15) is 4.31 Å². The fraction of sp³-hybridized carbons (Fsp3) is 0.333. The number of rotatable bonds is 4. The molecule has 1 unspecified atom stereocenters. The van der Waals surface area contributed by atoms with Crippen LogP contribution in [0.3, 0.4) is 0 Å². The Morgan fingerprint density at radius 2 is 1.79 bits per heavy atom. The highest BCUT2D eigenvalue weighted by Crippen LogP contribution is 2.27. The lowest BCUT2D eigenvalue weighted by molar-refractivity contribution is -0.00255. The van der Waals surface area contributed by atoms with Crippen molar-refractivity contribution in [3.05, 3.63) is 64.7 Å². The monoisotopic (exact) mass is 365 g/mol. The Labute approximate surface area is 148 Å². The normalized spacial score (nSPS) is 19.3. The van der Waals surface area contributed by atoms with Gasteiger partial charge in [0.1, 0.15) is 0 Å². The van der Waals surface area contributed by atoms with Gasteiger partial charge >= 0.3 is 0 Å². The van der Waals surface area contributed by atoms with Crippen molar-refractivity contribution >= 4 is 21.6 Å². The van der Waals surface area contributed by atoms with Crippen LogP contribution in [0.2, 0.25) is 5.02 Å². The van der Waals surface area contributed by atoms with Gasteiger partial charge in [-0.15, -0.1) is 0 Å². The number of aryl methyl sites for hydroxylation is 1. The molecule has 0 bridgehead atoms. The summed E-state index contributed by atoms with van der Waals surface area (Å²) in [6, 6.07) is 14.4. The van der Waals surface area contributed by atoms with Crippen LogP contribution in [0.5, 0.6) is 0 Å². The summed E-state index contributed by atoms with van der Waals surface area (Å²) < 4.78 is 33.0. The highest BCUT2D eigenvalue weighted by atomic mass is 35.5. The minimum absolute atomic E-state index is 0.277. The summed E-state index contributed by atoms with van der Waals surface area (Å²) in [6.07, 6.45) is 0.608. The third kappa shape index (κ3) is 3.64. The Hall–Kier alpha value is -1.40. The third-order valence-corrected chi connectivity index (χ3v) is 6.37. The number of hydrogen-bond donors (Lipinski definition) is 0. The second-order valence-corrected chi connectivity index (χ2v) is 8.15. The first kappa shape index (κ1) is 17.4. The van der Waals surface area contributed by atoms with Crippen molar-refractivity contribution in [2.24, 2.45) is 0 Å². The van der Waals surface area contributed by atoms with Crippen LogP contribution in [-0.2, 0) is 21.2 Å². The van der Waals surface area contributed by atoms with Crippen molar-refractivity contribution in [3.63, 3.8) is 0 Å². The van der Waals surface area contributed by atoms with Gasteiger partial charge in [0.25, 0.3) is 0 Å². The largest absolute Gasteiger partial charge is 0.371 e. The maximum absolute atomic E-state index is 12.9. The van der Waals surface area contributed by atoms with Gasteiger partial charge in [0, 0.05) is 18.1 Å². The molecule has 0 N–H and O–H groups in total. The van der Waals surface area contributed by atoms with E-state index in [1.54, 1.807) is 24.3 Å². The number of nitrogens with zero attached hydrogens (tertiary/aromatic N) is 1. The van der Waals surface area contributed by atoms with Gasteiger partial charge in [0.15, 0.2) is 0 Å². The number of halogens is 1. The van der Waals surface area contributed by atoms with Crippen LogP contribution in [0.4, 0.5) is 0 Å². The number of sulfonamides is 1. The molecule has 1 saturated heterocycles. The second-order valence-electron chi connectivity index (χ2n) is 5.77. The fourth-order valence-electron chi connectivity index (χ4n) is 2.77. The van der Waals surface area contributed by atoms with Gasteiger partial charge in [0.2, 0.25) is 10.0 Å². The molecule has 2 aromatic rings. The predicted octanol–water partition coefficient (Wildman–Crippen LogP) is 3.66. The summed E-state index contributed by atoms with van der Waals surface area (Å²) in [5.41, 5.74) is 2.05. The van der Waals surface area contributed by atoms with Crippen molar-refractivity contribution in [2.75, 3.05) is 19.7 Å². The lowest BCUT2D eigenvalue weighted by Gasteiger charge is -2.32. The van der Waals surface area contributed by atoms with Crippen molar-refractivity contribution in [3.8, 4) is 0 Å². The number of benzene rings is 2. The maximum atomic E-state index is 12.9. The van der Waals surface area contributed by atoms with Crippen molar-refractivity contribution < 1.29 is 13.2 Å². The number of morpholine rings is 1. The third-order valence-electron chi connectivity index (χ3n) is 4.24. The summed E-state index contributed by atoms with van der Waals surface area (Å²) >= 11 is 5.91. The van der Waals surface area contributed by atoms with E-state index >= 15 is 0 Å². The van der Waals surface area contributed by atoms with Crippen LogP contribution in [0.1, 0.15) is 24.2 Å². The molecule has 3 rings (SSSR count). The Balaban J connectivity index is 1.81. The molecule has 0 spiro atoms. The molecule has 24 heavy (non-hydrogen) atoms. The van der Waals surface area contributed by atoms with Gasteiger partial charge in [-0.3, -0.25) is 0 Å². The minimum atomic E-state index is -3.51. The van der Waals surface area contributed by atoms with E-state index in [-0.39, 0.29) is 6.10 Å². The van der Waals surface area contributed by atoms with E-state index in [9.17, 15) is 8.42 Å².